The van der Waals surface area contributed by atoms with Crippen molar-refractivity contribution < 1.29 is 14.3 Å². The fraction of sp³-hybridized carbons (Fsp3) is 0.867. The number of rotatable bonds is 4. The van der Waals surface area contributed by atoms with E-state index in [0.717, 1.165) is 17.8 Å². The van der Waals surface area contributed by atoms with Crippen LogP contribution in [0.5, 0.6) is 0 Å². The van der Waals surface area contributed by atoms with Gasteiger partial charge in [-0.3, -0.25) is 9.59 Å². The SMILES string of the molecule is CNC(=O)COC(=O)CC12CC3CC(CC(C3)C1)C2. The molecule has 19 heavy (non-hydrogen) atoms. The molecule has 1 amide bonds. The fourth-order valence-corrected chi connectivity index (χ4v) is 5.08. The summed E-state index contributed by atoms with van der Waals surface area (Å²) < 4.78 is 5.08. The van der Waals surface area contributed by atoms with E-state index in [-0.39, 0.29) is 23.9 Å². The summed E-state index contributed by atoms with van der Waals surface area (Å²) in [6.07, 6.45) is 8.27. The van der Waals surface area contributed by atoms with E-state index in [1.54, 1.807) is 7.05 Å². The molecule has 4 rings (SSSR count). The molecular formula is C15H23NO3. The third-order valence-corrected chi connectivity index (χ3v) is 5.33. The number of ether oxygens (including phenoxy) is 1. The van der Waals surface area contributed by atoms with Gasteiger partial charge >= 0.3 is 5.97 Å². The lowest BCUT2D eigenvalue weighted by Crippen LogP contribution is -2.47. The minimum Gasteiger partial charge on any atom is -0.456 e. The number of hydrogen-bond acceptors (Lipinski definition) is 3. The second-order valence-corrected chi connectivity index (χ2v) is 6.93. The van der Waals surface area contributed by atoms with Crippen LogP contribution in [0.4, 0.5) is 0 Å². The van der Waals surface area contributed by atoms with Crippen LogP contribution in [0.1, 0.15) is 44.9 Å². The van der Waals surface area contributed by atoms with Gasteiger partial charge in [0, 0.05) is 7.05 Å². The molecule has 0 radical (unpaired) electrons. The van der Waals surface area contributed by atoms with E-state index in [9.17, 15) is 9.59 Å². The van der Waals surface area contributed by atoms with E-state index in [4.69, 9.17) is 4.74 Å². The molecule has 4 bridgehead atoms. The number of carbonyl (C=O) groups is 2. The zero-order valence-corrected chi connectivity index (χ0v) is 11.6. The first-order valence-electron chi connectivity index (χ1n) is 7.45. The van der Waals surface area contributed by atoms with E-state index < -0.39 is 0 Å². The highest BCUT2D eigenvalue weighted by atomic mass is 16.5. The lowest BCUT2D eigenvalue weighted by Gasteiger charge is -2.56. The first-order valence-corrected chi connectivity index (χ1v) is 7.45. The summed E-state index contributed by atoms with van der Waals surface area (Å²) >= 11 is 0. The Morgan fingerprint density at radius 2 is 1.63 bits per heavy atom. The fourth-order valence-electron chi connectivity index (χ4n) is 5.08. The molecule has 4 aliphatic rings. The first kappa shape index (κ1) is 12.9. The molecule has 4 fully saturated rings. The molecule has 4 heteroatoms. The number of hydrogen-bond donors (Lipinski definition) is 1. The van der Waals surface area contributed by atoms with Gasteiger partial charge in [-0.1, -0.05) is 0 Å². The molecule has 0 saturated heterocycles. The van der Waals surface area contributed by atoms with Crippen molar-refractivity contribution in [3.8, 4) is 0 Å². The van der Waals surface area contributed by atoms with Crippen LogP contribution in [0.15, 0.2) is 0 Å². The summed E-state index contributed by atoms with van der Waals surface area (Å²) in [7, 11) is 1.55. The highest BCUT2D eigenvalue weighted by Gasteiger charge is 2.51. The molecule has 0 aliphatic heterocycles. The van der Waals surface area contributed by atoms with Crippen LogP contribution in [-0.2, 0) is 14.3 Å². The third-order valence-electron chi connectivity index (χ3n) is 5.33. The van der Waals surface area contributed by atoms with Gasteiger partial charge in [0.1, 0.15) is 0 Å². The Kier molecular flexibility index (Phi) is 3.27. The maximum Gasteiger partial charge on any atom is 0.306 e. The highest BCUT2D eigenvalue weighted by Crippen LogP contribution is 2.61. The summed E-state index contributed by atoms with van der Waals surface area (Å²) in [5.74, 6) is 2.11. The summed E-state index contributed by atoms with van der Waals surface area (Å²) in [5.41, 5.74) is 0.203. The van der Waals surface area contributed by atoms with E-state index in [1.807, 2.05) is 0 Å². The van der Waals surface area contributed by atoms with Gasteiger partial charge in [0.05, 0.1) is 6.42 Å². The first-order chi connectivity index (χ1) is 9.08. The van der Waals surface area contributed by atoms with Crippen molar-refractivity contribution in [1.82, 2.24) is 5.32 Å². The minimum atomic E-state index is -0.237. The van der Waals surface area contributed by atoms with Crippen molar-refractivity contribution in [3.05, 3.63) is 0 Å². The number of amides is 1. The Morgan fingerprint density at radius 3 is 2.11 bits per heavy atom. The Hall–Kier alpha value is -1.06. The van der Waals surface area contributed by atoms with Gasteiger partial charge in [-0.25, -0.2) is 0 Å². The molecule has 4 aliphatic carbocycles. The topological polar surface area (TPSA) is 55.4 Å². The Balaban J connectivity index is 1.57. The van der Waals surface area contributed by atoms with E-state index in [2.05, 4.69) is 5.32 Å². The molecule has 0 heterocycles. The standard InChI is InChI=1S/C15H23NO3/c1-16-13(17)9-19-14(18)8-15-5-10-2-11(6-15)4-12(3-10)7-15/h10-12H,2-9H2,1H3,(H,16,17). The van der Waals surface area contributed by atoms with Crippen molar-refractivity contribution in [1.29, 1.82) is 0 Å². The average molecular weight is 265 g/mol. The number of carbonyl (C=O) groups excluding carboxylic acids is 2. The average Bonchev–Trinajstić information content (AvgIpc) is 2.33. The van der Waals surface area contributed by atoms with Crippen molar-refractivity contribution >= 4 is 11.9 Å². The van der Waals surface area contributed by atoms with Crippen LogP contribution in [0, 0.1) is 23.2 Å². The van der Waals surface area contributed by atoms with Gasteiger partial charge in [0.25, 0.3) is 5.91 Å². The van der Waals surface area contributed by atoms with Crippen LogP contribution in [0.25, 0.3) is 0 Å². The van der Waals surface area contributed by atoms with Gasteiger partial charge < -0.3 is 10.1 Å². The predicted octanol–water partition coefficient (Wildman–Crippen LogP) is 1.88. The molecule has 106 valence electrons. The zero-order chi connectivity index (χ0) is 13.5. The van der Waals surface area contributed by atoms with Crippen LogP contribution >= 0.6 is 0 Å². The smallest absolute Gasteiger partial charge is 0.306 e. The van der Waals surface area contributed by atoms with Crippen LogP contribution < -0.4 is 5.32 Å². The van der Waals surface area contributed by atoms with Gasteiger partial charge in [-0.2, -0.15) is 0 Å². The van der Waals surface area contributed by atoms with Crippen molar-refractivity contribution in [2.75, 3.05) is 13.7 Å². The lowest BCUT2D eigenvalue weighted by atomic mass is 9.49. The van der Waals surface area contributed by atoms with Gasteiger partial charge in [0.15, 0.2) is 6.61 Å². The summed E-state index contributed by atoms with van der Waals surface area (Å²) in [6.45, 7) is -0.137. The summed E-state index contributed by atoms with van der Waals surface area (Å²) in [4.78, 5) is 23.0. The molecule has 0 unspecified atom stereocenters. The molecular weight excluding hydrogens is 242 g/mol. The van der Waals surface area contributed by atoms with Crippen molar-refractivity contribution in [3.63, 3.8) is 0 Å². The lowest BCUT2D eigenvalue weighted by molar-refractivity contribution is -0.155. The molecule has 0 atom stereocenters. The second-order valence-electron chi connectivity index (χ2n) is 6.93. The van der Waals surface area contributed by atoms with E-state index in [1.165, 1.54) is 38.5 Å². The summed E-state index contributed by atoms with van der Waals surface area (Å²) in [6, 6.07) is 0. The Morgan fingerprint density at radius 1 is 1.11 bits per heavy atom. The third kappa shape index (κ3) is 2.63. The largest absolute Gasteiger partial charge is 0.456 e. The zero-order valence-electron chi connectivity index (χ0n) is 11.6. The maximum atomic E-state index is 11.9. The molecule has 0 aromatic rings. The normalized spacial score (nSPS) is 39.1. The number of esters is 1. The van der Waals surface area contributed by atoms with Crippen LogP contribution in [0.3, 0.4) is 0 Å². The van der Waals surface area contributed by atoms with Gasteiger partial charge in [0.2, 0.25) is 0 Å². The number of likely N-dealkylation sites (N-methyl/N-ethyl adjacent to an activating group) is 1. The minimum absolute atomic E-state index is 0.137. The van der Waals surface area contributed by atoms with Gasteiger partial charge in [-0.15, -0.1) is 0 Å². The van der Waals surface area contributed by atoms with Crippen LogP contribution in [0.2, 0.25) is 0 Å². The monoisotopic (exact) mass is 265 g/mol. The van der Waals surface area contributed by atoms with E-state index in [0.29, 0.717) is 6.42 Å². The van der Waals surface area contributed by atoms with Crippen molar-refractivity contribution in [2.24, 2.45) is 23.2 Å². The Bertz CT molecular complexity index is 356. The molecule has 4 nitrogen and oxygen atoms in total. The quantitative estimate of drug-likeness (QED) is 0.790. The van der Waals surface area contributed by atoms with Gasteiger partial charge in [-0.05, 0) is 61.7 Å². The molecule has 0 aromatic heterocycles. The predicted molar refractivity (Wildman–Crippen MR) is 70.2 cm³/mol. The Labute approximate surface area is 114 Å². The number of nitrogens with one attached hydrogen (secondary N) is 1. The molecule has 0 aromatic carbocycles. The molecule has 1 N–H and O–H groups in total. The van der Waals surface area contributed by atoms with Crippen LogP contribution in [-0.4, -0.2) is 25.5 Å². The maximum absolute atomic E-state index is 11.9. The van der Waals surface area contributed by atoms with E-state index >= 15 is 0 Å². The second kappa shape index (κ2) is 4.80. The van der Waals surface area contributed by atoms with Crippen molar-refractivity contribution in [2.45, 2.75) is 44.9 Å². The molecule has 0 spiro atoms. The highest BCUT2D eigenvalue weighted by molar-refractivity contribution is 5.80. The molecule has 4 saturated carbocycles. The summed E-state index contributed by atoms with van der Waals surface area (Å²) in [5, 5.41) is 2.46.